The Morgan fingerprint density at radius 3 is 2.68 bits per heavy atom. The van der Waals surface area contributed by atoms with Gasteiger partial charge < -0.3 is 14.4 Å². The highest BCUT2D eigenvalue weighted by Gasteiger charge is 2.75. The maximum Gasteiger partial charge on any atom is 0.303 e. The fraction of sp³-hybridized carbons (Fsp3) is 0.500. The molecule has 5 aliphatic rings. The second-order valence-electron chi connectivity index (χ2n) is 12.0. The van der Waals surface area contributed by atoms with Gasteiger partial charge in [0, 0.05) is 32.2 Å². The fourth-order valence-electron chi connectivity index (χ4n) is 8.27. The van der Waals surface area contributed by atoms with Gasteiger partial charge in [0.15, 0.2) is 0 Å². The first kappa shape index (κ1) is 24.0. The molecule has 0 radical (unpaired) electrons. The summed E-state index contributed by atoms with van der Waals surface area (Å²) in [7, 11) is 1.90. The van der Waals surface area contributed by atoms with Gasteiger partial charge in [0.05, 0.1) is 17.5 Å². The molecule has 2 aromatic rings. The number of benzene rings is 2. The Morgan fingerprint density at radius 2 is 1.92 bits per heavy atom. The Bertz CT molecular complexity index is 1300. The average molecular weight is 513 g/mol. The van der Waals surface area contributed by atoms with Gasteiger partial charge in [0.25, 0.3) is 0 Å². The van der Waals surface area contributed by atoms with Crippen molar-refractivity contribution >= 4 is 18.0 Å². The lowest BCUT2D eigenvalue weighted by atomic mass is 9.48. The van der Waals surface area contributed by atoms with Gasteiger partial charge in [-0.1, -0.05) is 42.5 Å². The molecule has 198 valence electrons. The molecule has 1 saturated heterocycles. The van der Waals surface area contributed by atoms with Crippen molar-refractivity contribution in [3.63, 3.8) is 0 Å². The van der Waals surface area contributed by atoms with E-state index in [0.29, 0.717) is 0 Å². The molecule has 3 aliphatic carbocycles. The summed E-state index contributed by atoms with van der Waals surface area (Å²) in [4.78, 5) is 30.7. The first-order chi connectivity index (χ1) is 18.4. The van der Waals surface area contributed by atoms with E-state index in [-0.39, 0.29) is 30.1 Å². The van der Waals surface area contributed by atoms with Crippen LogP contribution in [0.15, 0.2) is 54.6 Å². The molecule has 2 aromatic carbocycles. The molecule has 6 heteroatoms. The van der Waals surface area contributed by atoms with E-state index in [9.17, 15) is 9.59 Å². The Balaban J connectivity index is 1.29. The maximum atomic E-state index is 13.4. The minimum absolute atomic E-state index is 0.0338. The summed E-state index contributed by atoms with van der Waals surface area (Å²) in [6, 6.07) is 16.3. The van der Waals surface area contributed by atoms with Gasteiger partial charge in [-0.05, 0) is 74.3 Å². The number of hydrogen-bond acceptors (Lipinski definition) is 5. The van der Waals surface area contributed by atoms with E-state index >= 15 is 0 Å². The van der Waals surface area contributed by atoms with Gasteiger partial charge in [-0.15, -0.1) is 0 Å². The van der Waals surface area contributed by atoms with E-state index < -0.39 is 11.0 Å². The molecule has 3 fully saturated rings. The van der Waals surface area contributed by atoms with E-state index in [4.69, 9.17) is 9.47 Å². The largest absolute Gasteiger partial charge is 0.487 e. The smallest absolute Gasteiger partial charge is 0.303 e. The molecule has 0 N–H and O–H groups in total. The minimum atomic E-state index is -0.642. The zero-order valence-corrected chi connectivity index (χ0v) is 22.3. The summed E-state index contributed by atoms with van der Waals surface area (Å²) in [6.45, 7) is 3.60. The molecule has 38 heavy (non-hydrogen) atoms. The maximum absolute atomic E-state index is 13.4. The molecule has 2 bridgehead atoms. The molecule has 7 rings (SSSR count). The predicted octanol–water partition coefficient (Wildman–Crippen LogP) is 4.36. The average Bonchev–Trinajstić information content (AvgIpc) is 3.66. The van der Waals surface area contributed by atoms with Crippen molar-refractivity contribution in [1.29, 1.82) is 0 Å². The number of amides is 1. The normalized spacial score (nSPS) is 32.9. The first-order valence-corrected chi connectivity index (χ1v) is 14.2. The second kappa shape index (κ2) is 8.70. The number of ether oxygens (including phenoxy) is 2. The third-order valence-electron chi connectivity index (χ3n) is 9.98. The number of nitrogens with zero attached hydrogens (tertiary/aromatic N) is 2. The highest BCUT2D eigenvalue weighted by atomic mass is 16.6. The summed E-state index contributed by atoms with van der Waals surface area (Å²) in [6.07, 6.45) is 9.09. The Labute approximate surface area is 224 Å². The Morgan fingerprint density at radius 1 is 1.11 bits per heavy atom. The van der Waals surface area contributed by atoms with Gasteiger partial charge in [0.1, 0.15) is 17.5 Å². The number of hydrogen-bond donors (Lipinski definition) is 0. The lowest BCUT2D eigenvalue weighted by Gasteiger charge is -2.65. The van der Waals surface area contributed by atoms with Crippen LogP contribution < -0.4 is 4.74 Å². The molecule has 1 spiro atoms. The van der Waals surface area contributed by atoms with Crippen LogP contribution in [0, 0.1) is 5.92 Å². The van der Waals surface area contributed by atoms with Crippen molar-refractivity contribution in [1.82, 2.24) is 9.80 Å². The van der Waals surface area contributed by atoms with Crippen LogP contribution in [0.25, 0.3) is 6.08 Å². The van der Waals surface area contributed by atoms with E-state index in [1.165, 1.54) is 24.0 Å². The van der Waals surface area contributed by atoms with Crippen LogP contribution in [0.4, 0.5) is 0 Å². The summed E-state index contributed by atoms with van der Waals surface area (Å²) in [5.74, 6) is 1.42. The lowest BCUT2D eigenvalue weighted by molar-refractivity contribution is -0.223. The van der Waals surface area contributed by atoms with Crippen molar-refractivity contribution in [2.75, 3.05) is 20.1 Å². The molecular weight excluding hydrogens is 476 g/mol. The van der Waals surface area contributed by atoms with Crippen LogP contribution in [-0.2, 0) is 26.2 Å². The van der Waals surface area contributed by atoms with Crippen molar-refractivity contribution in [3.8, 4) is 5.75 Å². The van der Waals surface area contributed by atoms with Gasteiger partial charge in [0.2, 0.25) is 5.91 Å². The van der Waals surface area contributed by atoms with Crippen molar-refractivity contribution in [3.05, 3.63) is 71.3 Å². The Kier molecular flexibility index (Phi) is 5.49. The van der Waals surface area contributed by atoms with Crippen LogP contribution in [0.5, 0.6) is 5.75 Å². The van der Waals surface area contributed by atoms with E-state index in [0.717, 1.165) is 56.0 Å². The fourth-order valence-corrected chi connectivity index (χ4v) is 8.27. The van der Waals surface area contributed by atoms with E-state index in [2.05, 4.69) is 23.1 Å². The van der Waals surface area contributed by atoms with Crippen molar-refractivity contribution in [2.24, 2.45) is 5.92 Å². The zero-order chi connectivity index (χ0) is 26.1. The summed E-state index contributed by atoms with van der Waals surface area (Å²) < 4.78 is 13.4. The minimum Gasteiger partial charge on any atom is -0.487 e. The highest BCUT2D eigenvalue weighted by Crippen LogP contribution is 2.65. The third kappa shape index (κ3) is 3.42. The van der Waals surface area contributed by atoms with Crippen LogP contribution in [-0.4, -0.2) is 65.6 Å². The highest BCUT2D eigenvalue weighted by molar-refractivity contribution is 5.92. The van der Waals surface area contributed by atoms with Gasteiger partial charge in [-0.25, -0.2) is 0 Å². The van der Waals surface area contributed by atoms with E-state index in [1.807, 2.05) is 48.4 Å². The van der Waals surface area contributed by atoms with Crippen LogP contribution in [0.2, 0.25) is 0 Å². The number of carbonyl (C=O) groups is 2. The van der Waals surface area contributed by atoms with Gasteiger partial charge in [-0.2, -0.15) is 0 Å². The second-order valence-corrected chi connectivity index (χ2v) is 12.0. The number of likely N-dealkylation sites (tertiary alicyclic amines) is 1. The van der Waals surface area contributed by atoms with E-state index in [1.54, 1.807) is 13.0 Å². The number of rotatable bonds is 6. The van der Waals surface area contributed by atoms with Crippen molar-refractivity contribution in [2.45, 2.75) is 74.7 Å². The number of carbonyl (C=O) groups excluding carboxylic acids is 2. The molecule has 2 saturated carbocycles. The van der Waals surface area contributed by atoms with Crippen molar-refractivity contribution < 1.29 is 19.1 Å². The molecule has 0 unspecified atom stereocenters. The molecule has 2 heterocycles. The molecule has 2 aliphatic heterocycles. The number of likely N-dealkylation sites (N-methyl/N-ethyl adjacent to an activating group) is 1. The molecule has 1 amide bonds. The first-order valence-electron chi connectivity index (χ1n) is 14.2. The molecule has 6 nitrogen and oxygen atoms in total. The van der Waals surface area contributed by atoms with Crippen LogP contribution in [0.1, 0.15) is 55.7 Å². The summed E-state index contributed by atoms with van der Waals surface area (Å²) >= 11 is 0. The SMILES string of the molecule is CC(=O)O[C@@]12CC[C@H](N(C)C(=O)C=Cc3ccccc3)[C@@H]3Oc4cccc5c4[C@@]31CCN(CC1CC1)[C@@H]2C5. The summed E-state index contributed by atoms with van der Waals surface area (Å²) in [5.41, 5.74) is 2.46. The standard InChI is InChI=1S/C32H36N2O4/c1-21(35)38-32-16-15-25(33(2)28(36)14-13-22-7-4-3-5-8-22)30-31(32)17-18-34(20-23-11-12-23)27(32)19-24-9-6-10-26(37-30)29(24)31/h3-10,13-14,23,25,27,30H,11-12,15-20H2,1-2H3/t25-,27+,30-,31-,32+/m0/s1. The predicted molar refractivity (Wildman–Crippen MR) is 145 cm³/mol. The van der Waals surface area contributed by atoms with Gasteiger partial charge >= 0.3 is 5.97 Å². The molecule has 0 aromatic heterocycles. The number of esters is 1. The van der Waals surface area contributed by atoms with Crippen LogP contribution >= 0.6 is 0 Å². The van der Waals surface area contributed by atoms with Crippen LogP contribution in [0.3, 0.4) is 0 Å². The molecule has 5 atom stereocenters. The zero-order valence-electron chi connectivity index (χ0n) is 22.3. The lowest BCUT2D eigenvalue weighted by Crippen LogP contribution is -2.79. The third-order valence-corrected chi connectivity index (χ3v) is 9.98. The number of piperidine rings is 1. The monoisotopic (exact) mass is 512 g/mol. The Hall–Kier alpha value is -3.12. The quantitative estimate of drug-likeness (QED) is 0.425. The molecular formula is C32H36N2O4. The van der Waals surface area contributed by atoms with Gasteiger partial charge in [-0.3, -0.25) is 14.5 Å². The summed E-state index contributed by atoms with van der Waals surface area (Å²) in [5, 5.41) is 0. The topological polar surface area (TPSA) is 59.1 Å².